The molecular formula is C18H18FN3O2. The summed E-state index contributed by atoms with van der Waals surface area (Å²) >= 11 is 0. The Kier molecular flexibility index (Phi) is 4.04. The molecule has 0 saturated carbocycles. The number of nitrogens with one attached hydrogen (secondary N) is 2. The van der Waals surface area contributed by atoms with Crippen LogP contribution in [-0.4, -0.2) is 16.8 Å². The van der Waals surface area contributed by atoms with E-state index in [1.165, 1.54) is 6.07 Å². The molecule has 0 radical (unpaired) electrons. The van der Waals surface area contributed by atoms with Crippen molar-refractivity contribution in [3.8, 4) is 17.2 Å². The molecule has 1 aliphatic rings. The summed E-state index contributed by atoms with van der Waals surface area (Å²) in [7, 11) is 0. The van der Waals surface area contributed by atoms with Crippen molar-refractivity contribution in [2.75, 3.05) is 6.61 Å². The number of para-hydroxylation sites is 1. The van der Waals surface area contributed by atoms with E-state index in [0.717, 1.165) is 35.6 Å². The van der Waals surface area contributed by atoms with Gasteiger partial charge in [0, 0.05) is 17.8 Å². The lowest BCUT2D eigenvalue weighted by Crippen LogP contribution is -2.20. The van der Waals surface area contributed by atoms with Gasteiger partial charge >= 0.3 is 0 Å². The lowest BCUT2D eigenvalue weighted by Gasteiger charge is -2.18. The molecule has 0 unspecified atom stereocenters. The van der Waals surface area contributed by atoms with Crippen molar-refractivity contribution in [1.29, 1.82) is 0 Å². The number of H-pyrrole nitrogens is 1. The first-order chi connectivity index (χ1) is 11.8. The zero-order valence-electron chi connectivity index (χ0n) is 13.1. The van der Waals surface area contributed by atoms with Gasteiger partial charge in [0.2, 0.25) is 0 Å². The standard InChI is InChI=1S/C18H18FN3O2/c19-14-4-1-3-13-15(5-2-10-23-18(13)14)20-11-12-6-7-17(24-12)16-8-9-21-22-16/h1,3-4,6-9,15,20H,2,5,10-11H2,(H,21,22)/t15-/m1/s1. The molecule has 3 aromatic rings. The van der Waals surface area contributed by atoms with Crippen LogP contribution in [-0.2, 0) is 6.54 Å². The highest BCUT2D eigenvalue weighted by Gasteiger charge is 2.22. The van der Waals surface area contributed by atoms with Crippen LogP contribution in [0.4, 0.5) is 4.39 Å². The quantitative estimate of drug-likeness (QED) is 0.765. The van der Waals surface area contributed by atoms with Gasteiger partial charge in [-0.3, -0.25) is 5.10 Å². The van der Waals surface area contributed by atoms with Crippen LogP contribution >= 0.6 is 0 Å². The average molecular weight is 327 g/mol. The number of furan rings is 1. The predicted octanol–water partition coefficient (Wildman–Crippen LogP) is 3.81. The Labute approximate surface area is 138 Å². The average Bonchev–Trinajstić information content (AvgIpc) is 3.23. The van der Waals surface area contributed by atoms with E-state index in [9.17, 15) is 4.39 Å². The van der Waals surface area contributed by atoms with E-state index in [0.29, 0.717) is 18.9 Å². The number of rotatable bonds is 4. The second-order valence-corrected chi connectivity index (χ2v) is 5.82. The Morgan fingerprint density at radius 1 is 1.25 bits per heavy atom. The maximum absolute atomic E-state index is 14.0. The van der Waals surface area contributed by atoms with Crippen molar-refractivity contribution in [2.24, 2.45) is 0 Å². The number of hydrogen-bond donors (Lipinski definition) is 2. The van der Waals surface area contributed by atoms with E-state index in [1.54, 1.807) is 12.3 Å². The largest absolute Gasteiger partial charge is 0.490 e. The third kappa shape index (κ3) is 2.92. The molecule has 1 atom stereocenters. The Bertz CT molecular complexity index is 814. The summed E-state index contributed by atoms with van der Waals surface area (Å²) in [6.07, 6.45) is 3.46. The van der Waals surface area contributed by atoms with Crippen molar-refractivity contribution in [2.45, 2.75) is 25.4 Å². The van der Waals surface area contributed by atoms with Crippen LogP contribution in [0, 0.1) is 5.82 Å². The molecule has 2 aromatic heterocycles. The highest BCUT2D eigenvalue weighted by Crippen LogP contribution is 2.33. The molecule has 2 N–H and O–H groups in total. The van der Waals surface area contributed by atoms with Gasteiger partial charge in [-0.05, 0) is 37.1 Å². The number of fused-ring (bicyclic) bond motifs is 1. The second-order valence-electron chi connectivity index (χ2n) is 5.82. The van der Waals surface area contributed by atoms with Gasteiger partial charge in [0.15, 0.2) is 17.3 Å². The normalized spacial score (nSPS) is 17.1. The summed E-state index contributed by atoms with van der Waals surface area (Å²) in [4.78, 5) is 0. The van der Waals surface area contributed by atoms with Crippen LogP contribution in [0.1, 0.15) is 30.2 Å². The molecule has 3 heterocycles. The monoisotopic (exact) mass is 327 g/mol. The van der Waals surface area contributed by atoms with Gasteiger partial charge in [0.25, 0.3) is 0 Å². The lowest BCUT2D eigenvalue weighted by molar-refractivity contribution is 0.300. The van der Waals surface area contributed by atoms with Gasteiger partial charge in [-0.1, -0.05) is 12.1 Å². The molecule has 0 fully saturated rings. The summed E-state index contributed by atoms with van der Waals surface area (Å²) in [5.74, 6) is 1.63. The number of aromatic nitrogens is 2. The number of benzene rings is 1. The van der Waals surface area contributed by atoms with Crippen LogP contribution < -0.4 is 10.1 Å². The van der Waals surface area contributed by atoms with Crippen molar-refractivity contribution < 1.29 is 13.5 Å². The van der Waals surface area contributed by atoms with Crippen molar-refractivity contribution in [1.82, 2.24) is 15.5 Å². The van der Waals surface area contributed by atoms with Gasteiger partial charge in [-0.25, -0.2) is 4.39 Å². The lowest BCUT2D eigenvalue weighted by atomic mass is 10.0. The van der Waals surface area contributed by atoms with E-state index in [2.05, 4.69) is 15.5 Å². The maximum Gasteiger partial charge on any atom is 0.165 e. The van der Waals surface area contributed by atoms with E-state index >= 15 is 0 Å². The smallest absolute Gasteiger partial charge is 0.165 e. The third-order valence-corrected chi connectivity index (χ3v) is 4.21. The SMILES string of the molecule is Fc1cccc2c1OCCC[C@H]2NCc1ccc(-c2ccn[nH]2)o1. The third-order valence-electron chi connectivity index (χ3n) is 4.21. The summed E-state index contributed by atoms with van der Waals surface area (Å²) in [6.45, 7) is 1.10. The van der Waals surface area contributed by atoms with Gasteiger partial charge in [0.05, 0.1) is 13.2 Å². The summed E-state index contributed by atoms with van der Waals surface area (Å²) in [6, 6.07) is 10.8. The molecule has 1 aromatic carbocycles. The molecule has 1 aliphatic heterocycles. The van der Waals surface area contributed by atoms with Crippen molar-refractivity contribution in [3.05, 3.63) is 59.7 Å². The Morgan fingerprint density at radius 2 is 2.21 bits per heavy atom. The fraction of sp³-hybridized carbons (Fsp3) is 0.278. The highest BCUT2D eigenvalue weighted by atomic mass is 19.1. The molecule has 0 spiro atoms. The number of aromatic amines is 1. The molecule has 0 saturated heterocycles. The first kappa shape index (κ1) is 15.0. The highest BCUT2D eigenvalue weighted by molar-refractivity contribution is 5.51. The van der Waals surface area contributed by atoms with Gasteiger partial charge in [-0.2, -0.15) is 5.10 Å². The second kappa shape index (κ2) is 6.49. The fourth-order valence-electron chi connectivity index (χ4n) is 3.02. The Balaban J connectivity index is 1.49. The summed E-state index contributed by atoms with van der Waals surface area (Å²) < 4.78 is 25.4. The molecule has 4 rings (SSSR count). The van der Waals surface area contributed by atoms with Gasteiger partial charge in [-0.15, -0.1) is 0 Å². The molecular weight excluding hydrogens is 309 g/mol. The van der Waals surface area contributed by atoms with Crippen molar-refractivity contribution in [3.63, 3.8) is 0 Å². The molecule has 24 heavy (non-hydrogen) atoms. The zero-order chi connectivity index (χ0) is 16.4. The summed E-state index contributed by atoms with van der Waals surface area (Å²) in [5.41, 5.74) is 1.71. The van der Waals surface area contributed by atoms with Crippen LogP contribution in [0.5, 0.6) is 5.75 Å². The van der Waals surface area contributed by atoms with E-state index in [4.69, 9.17) is 9.15 Å². The minimum absolute atomic E-state index is 0.0407. The van der Waals surface area contributed by atoms with E-state index in [1.807, 2.05) is 24.3 Å². The van der Waals surface area contributed by atoms with Gasteiger partial charge < -0.3 is 14.5 Å². The number of ether oxygens (including phenoxy) is 1. The number of nitrogens with zero attached hydrogens (tertiary/aromatic N) is 1. The molecule has 5 nitrogen and oxygen atoms in total. The number of halogens is 1. The summed E-state index contributed by atoms with van der Waals surface area (Å²) in [5, 5.41) is 10.3. The van der Waals surface area contributed by atoms with Crippen LogP contribution in [0.15, 0.2) is 47.0 Å². The van der Waals surface area contributed by atoms with Crippen LogP contribution in [0.25, 0.3) is 11.5 Å². The first-order valence-corrected chi connectivity index (χ1v) is 8.04. The number of hydrogen-bond acceptors (Lipinski definition) is 4. The van der Waals surface area contributed by atoms with Crippen LogP contribution in [0.3, 0.4) is 0 Å². The Morgan fingerprint density at radius 3 is 3.08 bits per heavy atom. The first-order valence-electron chi connectivity index (χ1n) is 8.04. The molecule has 0 amide bonds. The molecule has 0 bridgehead atoms. The molecule has 6 heteroatoms. The van der Waals surface area contributed by atoms with E-state index < -0.39 is 0 Å². The van der Waals surface area contributed by atoms with Gasteiger partial charge in [0.1, 0.15) is 11.5 Å². The molecule has 124 valence electrons. The topological polar surface area (TPSA) is 63.1 Å². The van der Waals surface area contributed by atoms with Crippen molar-refractivity contribution >= 4 is 0 Å². The van der Waals surface area contributed by atoms with Crippen LogP contribution in [0.2, 0.25) is 0 Å². The zero-order valence-corrected chi connectivity index (χ0v) is 13.1. The van der Waals surface area contributed by atoms with E-state index in [-0.39, 0.29) is 11.9 Å². The maximum atomic E-state index is 14.0. The minimum atomic E-state index is -0.305. The minimum Gasteiger partial charge on any atom is -0.490 e. The predicted molar refractivity (Wildman–Crippen MR) is 87.0 cm³/mol. The fourth-order valence-corrected chi connectivity index (χ4v) is 3.02. The molecule has 0 aliphatic carbocycles. The Hall–Kier alpha value is -2.60.